The molecule has 0 unspecified atom stereocenters. The Hall–Kier alpha value is -1.83. The summed E-state index contributed by atoms with van der Waals surface area (Å²) in [6, 6.07) is -0.638. The maximum atomic E-state index is 12.3. The lowest BCUT2D eigenvalue weighted by atomic mass is 9.78. The van der Waals surface area contributed by atoms with Crippen molar-refractivity contribution in [2.45, 2.75) is 40.0 Å². The monoisotopic (exact) mass is 250 g/mol. The van der Waals surface area contributed by atoms with Crippen molar-refractivity contribution in [3.05, 3.63) is 0 Å². The third kappa shape index (κ3) is 2.23. The largest absolute Gasteiger partial charge is 0.330 e. The van der Waals surface area contributed by atoms with Gasteiger partial charge in [-0.25, -0.2) is 4.79 Å². The van der Waals surface area contributed by atoms with Crippen LogP contribution in [0.4, 0.5) is 4.79 Å². The van der Waals surface area contributed by atoms with Crippen molar-refractivity contribution >= 4 is 17.8 Å². The minimum absolute atomic E-state index is 0.223. The molecule has 5 nitrogen and oxygen atoms in total. The standard InChI is InChI=1S/C13H18N2O3/c1-4-7-8-9-15-11(17)13(5-2,6-3)10(16)14-12(15)18/h5-6,8-9H2,1-3H3,(H,14,16,18). The van der Waals surface area contributed by atoms with Crippen LogP contribution in [0.2, 0.25) is 0 Å². The molecular formula is C13H18N2O3. The number of carbonyl (C=O) groups is 3. The molecule has 1 N–H and O–H groups in total. The zero-order valence-electron chi connectivity index (χ0n) is 11.0. The van der Waals surface area contributed by atoms with Crippen LogP contribution in [0.1, 0.15) is 40.0 Å². The van der Waals surface area contributed by atoms with E-state index in [1.165, 1.54) is 0 Å². The molecule has 0 aromatic rings. The summed E-state index contributed by atoms with van der Waals surface area (Å²) in [4.78, 5) is 36.9. The van der Waals surface area contributed by atoms with Crippen LogP contribution < -0.4 is 5.32 Å². The van der Waals surface area contributed by atoms with Crippen LogP contribution in [0.5, 0.6) is 0 Å². The average Bonchev–Trinajstić information content (AvgIpc) is 2.35. The fraction of sp³-hybridized carbons (Fsp3) is 0.615. The number of barbiturate groups is 1. The molecule has 0 aliphatic carbocycles. The number of rotatable bonds is 4. The molecule has 1 aliphatic heterocycles. The highest BCUT2D eigenvalue weighted by atomic mass is 16.2. The van der Waals surface area contributed by atoms with Crippen molar-refractivity contribution in [3.63, 3.8) is 0 Å². The SMILES string of the molecule is CC#CCCN1C(=O)NC(=O)C(CC)(CC)C1=O. The van der Waals surface area contributed by atoms with Gasteiger partial charge in [0.25, 0.3) is 0 Å². The van der Waals surface area contributed by atoms with E-state index in [-0.39, 0.29) is 6.54 Å². The van der Waals surface area contributed by atoms with E-state index < -0.39 is 23.3 Å². The third-order valence-corrected chi connectivity index (χ3v) is 3.40. The van der Waals surface area contributed by atoms with Crippen molar-refractivity contribution < 1.29 is 14.4 Å². The highest BCUT2D eigenvalue weighted by Gasteiger charge is 2.51. The van der Waals surface area contributed by atoms with Gasteiger partial charge in [0.05, 0.1) is 0 Å². The van der Waals surface area contributed by atoms with Gasteiger partial charge in [-0.1, -0.05) is 13.8 Å². The molecule has 98 valence electrons. The first kappa shape index (κ1) is 14.2. The predicted octanol–water partition coefficient (Wildman–Crippen LogP) is 1.28. The number of hydrogen-bond acceptors (Lipinski definition) is 3. The van der Waals surface area contributed by atoms with Gasteiger partial charge < -0.3 is 0 Å². The van der Waals surface area contributed by atoms with E-state index in [0.717, 1.165) is 4.90 Å². The van der Waals surface area contributed by atoms with Crippen molar-refractivity contribution in [2.75, 3.05) is 6.54 Å². The summed E-state index contributed by atoms with van der Waals surface area (Å²) in [5.41, 5.74) is -1.10. The molecule has 0 saturated carbocycles. The van der Waals surface area contributed by atoms with Gasteiger partial charge >= 0.3 is 6.03 Å². The summed E-state index contributed by atoms with van der Waals surface area (Å²) in [5, 5.41) is 2.26. The second kappa shape index (κ2) is 5.67. The van der Waals surface area contributed by atoms with Crippen LogP contribution >= 0.6 is 0 Å². The zero-order chi connectivity index (χ0) is 13.8. The number of nitrogens with one attached hydrogen (secondary N) is 1. The van der Waals surface area contributed by atoms with Crippen LogP contribution in [0.25, 0.3) is 0 Å². The lowest BCUT2D eigenvalue weighted by Crippen LogP contribution is -2.63. The Morgan fingerprint density at radius 2 is 1.83 bits per heavy atom. The van der Waals surface area contributed by atoms with Gasteiger partial charge in [0.15, 0.2) is 0 Å². The van der Waals surface area contributed by atoms with Gasteiger partial charge in [-0.2, -0.15) is 0 Å². The number of carbonyl (C=O) groups excluding carboxylic acids is 3. The first-order chi connectivity index (χ1) is 8.53. The van der Waals surface area contributed by atoms with Gasteiger partial charge in [0.2, 0.25) is 11.8 Å². The number of amides is 4. The fourth-order valence-corrected chi connectivity index (χ4v) is 2.10. The van der Waals surface area contributed by atoms with E-state index >= 15 is 0 Å². The maximum absolute atomic E-state index is 12.3. The molecule has 1 heterocycles. The summed E-state index contributed by atoms with van der Waals surface area (Å²) in [6.45, 7) is 5.48. The van der Waals surface area contributed by atoms with E-state index in [1.807, 2.05) is 0 Å². The van der Waals surface area contributed by atoms with Gasteiger partial charge in [-0.15, -0.1) is 11.8 Å². The van der Waals surface area contributed by atoms with Gasteiger partial charge in [0, 0.05) is 13.0 Å². The van der Waals surface area contributed by atoms with Crippen LogP contribution in [-0.4, -0.2) is 29.3 Å². The Morgan fingerprint density at radius 3 is 2.33 bits per heavy atom. The van der Waals surface area contributed by atoms with Gasteiger partial charge in [-0.05, 0) is 19.8 Å². The van der Waals surface area contributed by atoms with Crippen LogP contribution in [0.15, 0.2) is 0 Å². The molecular weight excluding hydrogens is 232 g/mol. The molecule has 0 bridgehead atoms. The van der Waals surface area contributed by atoms with Gasteiger partial charge in [0.1, 0.15) is 5.41 Å². The Labute approximate surface area is 107 Å². The molecule has 1 fully saturated rings. The topological polar surface area (TPSA) is 66.5 Å². The molecule has 5 heteroatoms. The van der Waals surface area contributed by atoms with E-state index in [2.05, 4.69) is 17.2 Å². The maximum Gasteiger partial charge on any atom is 0.330 e. The molecule has 0 radical (unpaired) electrons. The van der Waals surface area contributed by atoms with Crippen LogP contribution in [0.3, 0.4) is 0 Å². The highest BCUT2D eigenvalue weighted by molar-refractivity contribution is 6.19. The molecule has 1 aliphatic rings. The molecule has 0 spiro atoms. The van der Waals surface area contributed by atoms with Crippen molar-refractivity contribution in [1.82, 2.24) is 10.2 Å². The molecule has 4 amide bonds. The predicted molar refractivity (Wildman–Crippen MR) is 66.3 cm³/mol. The first-order valence-electron chi connectivity index (χ1n) is 6.10. The summed E-state index contributed by atoms with van der Waals surface area (Å²) < 4.78 is 0. The molecule has 1 rings (SSSR count). The van der Waals surface area contributed by atoms with E-state index in [9.17, 15) is 14.4 Å². The lowest BCUT2D eigenvalue weighted by molar-refractivity contribution is -0.152. The summed E-state index contributed by atoms with van der Waals surface area (Å²) >= 11 is 0. The minimum Gasteiger partial charge on any atom is -0.277 e. The Bertz CT molecular complexity index is 427. The normalized spacial score (nSPS) is 18.2. The van der Waals surface area contributed by atoms with Gasteiger partial charge in [-0.3, -0.25) is 19.8 Å². The highest BCUT2D eigenvalue weighted by Crippen LogP contribution is 2.32. The van der Waals surface area contributed by atoms with E-state index in [1.54, 1.807) is 20.8 Å². The summed E-state index contributed by atoms with van der Waals surface area (Å²) in [7, 11) is 0. The zero-order valence-corrected chi connectivity index (χ0v) is 11.0. The number of urea groups is 1. The average molecular weight is 250 g/mol. The number of hydrogen-bond donors (Lipinski definition) is 1. The first-order valence-corrected chi connectivity index (χ1v) is 6.10. The number of nitrogens with zero attached hydrogens (tertiary/aromatic N) is 1. The second-order valence-electron chi connectivity index (χ2n) is 4.18. The molecule has 0 atom stereocenters. The fourth-order valence-electron chi connectivity index (χ4n) is 2.10. The lowest BCUT2D eigenvalue weighted by Gasteiger charge is -2.37. The minimum atomic E-state index is -1.10. The Morgan fingerprint density at radius 1 is 1.22 bits per heavy atom. The number of imide groups is 2. The van der Waals surface area contributed by atoms with E-state index in [4.69, 9.17) is 0 Å². The third-order valence-electron chi connectivity index (χ3n) is 3.40. The smallest absolute Gasteiger partial charge is 0.277 e. The Balaban J connectivity index is 2.97. The summed E-state index contributed by atoms with van der Waals surface area (Å²) in [5.74, 6) is 4.62. The second-order valence-corrected chi connectivity index (χ2v) is 4.18. The Kier molecular flexibility index (Phi) is 4.49. The van der Waals surface area contributed by atoms with Crippen LogP contribution in [-0.2, 0) is 9.59 Å². The molecule has 18 heavy (non-hydrogen) atoms. The summed E-state index contributed by atoms with van der Waals surface area (Å²) in [6.07, 6.45) is 1.20. The molecule has 0 aromatic carbocycles. The van der Waals surface area contributed by atoms with Crippen LogP contribution in [0, 0.1) is 17.3 Å². The van der Waals surface area contributed by atoms with Crippen molar-refractivity contribution in [3.8, 4) is 11.8 Å². The quantitative estimate of drug-likeness (QED) is 0.604. The van der Waals surface area contributed by atoms with Crippen molar-refractivity contribution in [2.24, 2.45) is 5.41 Å². The van der Waals surface area contributed by atoms with E-state index in [0.29, 0.717) is 19.3 Å². The molecule has 1 saturated heterocycles. The van der Waals surface area contributed by atoms with Crippen molar-refractivity contribution in [1.29, 1.82) is 0 Å². The molecule has 0 aromatic heterocycles.